The zero-order chi connectivity index (χ0) is 17.1. The van der Waals surface area contributed by atoms with Crippen LogP contribution in [0.4, 0.5) is 0 Å². The first-order valence-electron chi connectivity index (χ1n) is 8.18. The van der Waals surface area contributed by atoms with Gasteiger partial charge in [0.05, 0.1) is 18.6 Å². The number of amides is 2. The van der Waals surface area contributed by atoms with Crippen molar-refractivity contribution in [3.63, 3.8) is 0 Å². The smallest absolute Gasteiger partial charge is 0.231 e. The Bertz CT molecular complexity index is 629. The third-order valence-corrected chi connectivity index (χ3v) is 4.46. The van der Waals surface area contributed by atoms with Gasteiger partial charge in [-0.15, -0.1) is 0 Å². The van der Waals surface area contributed by atoms with Gasteiger partial charge in [-0.05, 0) is 24.1 Å². The van der Waals surface area contributed by atoms with E-state index < -0.39 is 0 Å². The maximum atomic E-state index is 12.2. The van der Waals surface area contributed by atoms with Crippen molar-refractivity contribution >= 4 is 11.8 Å². The van der Waals surface area contributed by atoms with Crippen LogP contribution in [0.5, 0.6) is 11.5 Å². The summed E-state index contributed by atoms with van der Waals surface area (Å²) in [4.78, 5) is 26.1. The lowest BCUT2D eigenvalue weighted by molar-refractivity contribution is -0.129. The zero-order valence-electron chi connectivity index (χ0n) is 13.7. The second-order valence-electron chi connectivity index (χ2n) is 6.16. The molecule has 7 heteroatoms. The molecule has 24 heavy (non-hydrogen) atoms. The molecule has 7 nitrogen and oxygen atoms in total. The molecule has 2 amide bonds. The molecule has 1 saturated heterocycles. The number of benzene rings is 1. The fraction of sp³-hybridized carbons (Fsp3) is 0.529. The Morgan fingerprint density at radius 1 is 1.42 bits per heavy atom. The number of nitrogens with one attached hydrogen (secondary N) is 1. The highest BCUT2D eigenvalue weighted by atomic mass is 16.7. The van der Waals surface area contributed by atoms with Gasteiger partial charge in [-0.25, -0.2) is 0 Å². The predicted octanol–water partition coefficient (Wildman–Crippen LogP) is 0.651. The summed E-state index contributed by atoms with van der Waals surface area (Å²) >= 11 is 0. The normalized spacial score (nSPS) is 20.3. The van der Waals surface area contributed by atoms with Crippen molar-refractivity contribution in [2.24, 2.45) is 5.92 Å². The number of carbonyl (C=O) groups excluding carboxylic acids is 2. The summed E-state index contributed by atoms with van der Waals surface area (Å²) in [6, 6.07) is 5.33. The summed E-state index contributed by atoms with van der Waals surface area (Å²) in [5.74, 6) is 0.815. The fourth-order valence-electron chi connectivity index (χ4n) is 2.96. The lowest BCUT2D eigenvalue weighted by Crippen LogP contribution is -2.41. The number of nitrogens with zero attached hydrogens (tertiary/aromatic N) is 1. The summed E-state index contributed by atoms with van der Waals surface area (Å²) in [6.07, 6.45) is 0.863. The second-order valence-corrected chi connectivity index (χ2v) is 6.16. The summed E-state index contributed by atoms with van der Waals surface area (Å²) in [5.41, 5.74) is 0.940. The number of aliphatic hydroxyl groups is 1. The van der Waals surface area contributed by atoms with Crippen molar-refractivity contribution in [2.45, 2.75) is 32.4 Å². The number of rotatable bonds is 6. The van der Waals surface area contributed by atoms with Crippen LogP contribution in [-0.2, 0) is 16.1 Å². The number of hydrogen-bond donors (Lipinski definition) is 2. The van der Waals surface area contributed by atoms with Gasteiger partial charge in [0.2, 0.25) is 18.6 Å². The number of hydrogen-bond acceptors (Lipinski definition) is 5. The first kappa shape index (κ1) is 16.6. The van der Waals surface area contributed by atoms with Crippen molar-refractivity contribution in [1.29, 1.82) is 0 Å². The highest BCUT2D eigenvalue weighted by molar-refractivity contribution is 5.89. The minimum atomic E-state index is -0.368. The molecule has 3 rings (SSSR count). The Labute approximate surface area is 140 Å². The fourth-order valence-corrected chi connectivity index (χ4v) is 2.96. The molecular formula is C17H22N2O5. The molecule has 0 saturated carbocycles. The zero-order valence-corrected chi connectivity index (χ0v) is 13.7. The van der Waals surface area contributed by atoms with E-state index in [1.807, 2.05) is 25.1 Å². The number of carbonyl (C=O) groups is 2. The number of ether oxygens (including phenoxy) is 2. The SMILES string of the molecule is CCC(CO)NC(=O)C1CC(=O)N(Cc2ccc3c(c2)OCO3)C1. The van der Waals surface area contributed by atoms with E-state index in [4.69, 9.17) is 9.47 Å². The lowest BCUT2D eigenvalue weighted by Gasteiger charge is -2.19. The van der Waals surface area contributed by atoms with Gasteiger partial charge < -0.3 is 24.8 Å². The molecule has 0 bridgehead atoms. The minimum Gasteiger partial charge on any atom is -0.454 e. The van der Waals surface area contributed by atoms with Crippen LogP contribution in [0.15, 0.2) is 18.2 Å². The van der Waals surface area contributed by atoms with Gasteiger partial charge in [0.15, 0.2) is 11.5 Å². The van der Waals surface area contributed by atoms with Crippen molar-refractivity contribution in [3.05, 3.63) is 23.8 Å². The van der Waals surface area contributed by atoms with E-state index in [1.165, 1.54) is 0 Å². The third-order valence-electron chi connectivity index (χ3n) is 4.46. The maximum absolute atomic E-state index is 12.2. The molecule has 2 heterocycles. The molecule has 0 spiro atoms. The number of likely N-dealkylation sites (tertiary alicyclic amines) is 1. The summed E-state index contributed by atoms with van der Waals surface area (Å²) in [6.45, 7) is 2.85. The Morgan fingerprint density at radius 2 is 2.21 bits per heavy atom. The van der Waals surface area contributed by atoms with Crippen molar-refractivity contribution < 1.29 is 24.2 Å². The molecule has 0 aromatic heterocycles. The van der Waals surface area contributed by atoms with Crippen LogP contribution in [0.3, 0.4) is 0 Å². The van der Waals surface area contributed by atoms with E-state index in [9.17, 15) is 14.7 Å². The molecule has 2 unspecified atom stereocenters. The first-order valence-corrected chi connectivity index (χ1v) is 8.18. The van der Waals surface area contributed by atoms with Crippen LogP contribution in [-0.4, -0.2) is 47.8 Å². The average Bonchev–Trinajstić information content (AvgIpc) is 3.19. The molecule has 0 aliphatic carbocycles. The van der Waals surface area contributed by atoms with Crippen molar-refractivity contribution in [1.82, 2.24) is 10.2 Å². The van der Waals surface area contributed by atoms with Crippen LogP contribution in [0.2, 0.25) is 0 Å². The number of aliphatic hydroxyl groups excluding tert-OH is 1. The van der Waals surface area contributed by atoms with Crippen LogP contribution in [0.25, 0.3) is 0 Å². The molecular weight excluding hydrogens is 312 g/mol. The van der Waals surface area contributed by atoms with Gasteiger partial charge in [-0.3, -0.25) is 9.59 Å². The highest BCUT2D eigenvalue weighted by Gasteiger charge is 2.34. The van der Waals surface area contributed by atoms with Gasteiger partial charge in [-0.2, -0.15) is 0 Å². The highest BCUT2D eigenvalue weighted by Crippen LogP contribution is 2.33. The van der Waals surface area contributed by atoms with Crippen molar-refractivity contribution in [3.8, 4) is 11.5 Å². The van der Waals surface area contributed by atoms with Crippen molar-refractivity contribution in [2.75, 3.05) is 19.9 Å². The minimum absolute atomic E-state index is 0.0372. The molecule has 2 N–H and O–H groups in total. The molecule has 2 aliphatic rings. The standard InChI is InChI=1S/C17H22N2O5/c1-2-13(9-20)18-17(22)12-6-16(21)19(8-12)7-11-3-4-14-15(5-11)24-10-23-14/h3-5,12-13,20H,2,6-10H2,1H3,(H,18,22). The lowest BCUT2D eigenvalue weighted by atomic mass is 10.1. The Balaban J connectivity index is 1.60. The van der Waals surface area contributed by atoms with E-state index in [0.29, 0.717) is 31.0 Å². The Morgan fingerprint density at radius 3 is 2.96 bits per heavy atom. The van der Waals surface area contributed by atoms with Gasteiger partial charge in [0.25, 0.3) is 0 Å². The molecule has 1 aromatic rings. The maximum Gasteiger partial charge on any atom is 0.231 e. The molecule has 1 fully saturated rings. The van der Waals surface area contributed by atoms with Gasteiger partial charge >= 0.3 is 0 Å². The summed E-state index contributed by atoms with van der Waals surface area (Å²) < 4.78 is 10.6. The van der Waals surface area contributed by atoms with E-state index in [0.717, 1.165) is 5.56 Å². The molecule has 0 radical (unpaired) electrons. The molecule has 2 aliphatic heterocycles. The van der Waals surface area contributed by atoms with Crippen LogP contribution in [0.1, 0.15) is 25.3 Å². The third kappa shape index (κ3) is 3.46. The van der Waals surface area contributed by atoms with E-state index in [2.05, 4.69) is 5.32 Å². The molecule has 1 aromatic carbocycles. The quantitative estimate of drug-likeness (QED) is 0.797. The first-order chi connectivity index (χ1) is 11.6. The average molecular weight is 334 g/mol. The predicted molar refractivity (Wildman–Crippen MR) is 85.4 cm³/mol. The van der Waals surface area contributed by atoms with Crippen LogP contribution < -0.4 is 14.8 Å². The summed E-state index contributed by atoms with van der Waals surface area (Å²) in [5, 5.41) is 12.0. The molecule has 2 atom stereocenters. The van der Waals surface area contributed by atoms with Gasteiger partial charge in [0.1, 0.15) is 0 Å². The molecule has 130 valence electrons. The van der Waals surface area contributed by atoms with Gasteiger partial charge in [0, 0.05) is 19.5 Å². The largest absolute Gasteiger partial charge is 0.454 e. The van der Waals surface area contributed by atoms with E-state index in [-0.39, 0.29) is 43.6 Å². The second kappa shape index (κ2) is 7.09. The number of fused-ring (bicyclic) bond motifs is 1. The Hall–Kier alpha value is -2.28. The van der Waals surface area contributed by atoms with Crippen LogP contribution >= 0.6 is 0 Å². The van der Waals surface area contributed by atoms with E-state index in [1.54, 1.807) is 4.90 Å². The monoisotopic (exact) mass is 334 g/mol. The topological polar surface area (TPSA) is 88.1 Å². The van der Waals surface area contributed by atoms with Crippen LogP contribution in [0, 0.1) is 5.92 Å². The summed E-state index contributed by atoms with van der Waals surface area (Å²) in [7, 11) is 0. The Kier molecular flexibility index (Phi) is 4.89. The van der Waals surface area contributed by atoms with E-state index >= 15 is 0 Å². The van der Waals surface area contributed by atoms with Gasteiger partial charge in [-0.1, -0.05) is 13.0 Å².